The molecular formula is C18H26N2O. The molecule has 0 radical (unpaired) electrons. The molecule has 0 atom stereocenters. The maximum absolute atomic E-state index is 12.6. The highest BCUT2D eigenvalue weighted by atomic mass is 16.2. The fraction of sp³-hybridized carbons (Fsp3) is 0.667. The molecule has 0 unspecified atom stereocenters. The van der Waals surface area contributed by atoms with Gasteiger partial charge in [0.2, 0.25) is 5.91 Å². The van der Waals surface area contributed by atoms with Crippen molar-refractivity contribution in [2.45, 2.75) is 70.4 Å². The zero-order valence-electron chi connectivity index (χ0n) is 12.8. The van der Waals surface area contributed by atoms with Crippen LogP contribution in [0.25, 0.3) is 0 Å². The molecule has 2 fully saturated rings. The normalized spacial score (nSPS) is 19.4. The molecule has 1 amide bonds. The van der Waals surface area contributed by atoms with Crippen molar-refractivity contribution in [2.24, 2.45) is 5.92 Å². The van der Waals surface area contributed by atoms with E-state index in [0.717, 1.165) is 25.3 Å². The molecule has 0 aromatic carbocycles. The molecule has 2 aliphatic carbocycles. The van der Waals surface area contributed by atoms with Crippen LogP contribution in [0, 0.1) is 5.92 Å². The standard InChI is InChI=1S/C18H26N2O/c21-18(9-6-15-4-2-1-3-5-15)20(17-7-8-17)14-16-10-12-19-13-11-16/h10-13,15,17H,1-9,14H2. The first-order valence-corrected chi connectivity index (χ1v) is 8.51. The molecule has 3 rings (SSSR count). The van der Waals surface area contributed by atoms with Gasteiger partial charge in [-0.15, -0.1) is 0 Å². The summed E-state index contributed by atoms with van der Waals surface area (Å²) in [5.74, 6) is 1.16. The Morgan fingerprint density at radius 1 is 1.10 bits per heavy atom. The summed E-state index contributed by atoms with van der Waals surface area (Å²) >= 11 is 0. The highest BCUT2D eigenvalue weighted by molar-refractivity contribution is 5.76. The summed E-state index contributed by atoms with van der Waals surface area (Å²) in [5, 5.41) is 0. The van der Waals surface area contributed by atoms with Crippen LogP contribution in [0.3, 0.4) is 0 Å². The van der Waals surface area contributed by atoms with Gasteiger partial charge >= 0.3 is 0 Å². The highest BCUT2D eigenvalue weighted by Gasteiger charge is 2.32. The summed E-state index contributed by atoms with van der Waals surface area (Å²) in [6, 6.07) is 4.53. The average Bonchev–Trinajstić information content (AvgIpc) is 3.37. The highest BCUT2D eigenvalue weighted by Crippen LogP contribution is 2.31. The Morgan fingerprint density at radius 3 is 2.48 bits per heavy atom. The maximum Gasteiger partial charge on any atom is 0.223 e. The lowest BCUT2D eigenvalue weighted by atomic mass is 9.86. The molecule has 3 nitrogen and oxygen atoms in total. The third-order valence-electron chi connectivity index (χ3n) is 4.90. The molecular weight excluding hydrogens is 260 g/mol. The van der Waals surface area contributed by atoms with E-state index in [2.05, 4.69) is 9.88 Å². The first-order chi connectivity index (χ1) is 10.3. The van der Waals surface area contributed by atoms with Crippen LogP contribution in [-0.4, -0.2) is 21.8 Å². The van der Waals surface area contributed by atoms with Crippen LogP contribution in [0.1, 0.15) is 63.4 Å². The molecule has 1 aromatic rings. The van der Waals surface area contributed by atoms with Gasteiger partial charge in [-0.25, -0.2) is 0 Å². The molecule has 21 heavy (non-hydrogen) atoms. The van der Waals surface area contributed by atoms with Crippen molar-refractivity contribution in [2.75, 3.05) is 0 Å². The molecule has 1 heterocycles. The lowest BCUT2D eigenvalue weighted by Gasteiger charge is -2.25. The third-order valence-corrected chi connectivity index (χ3v) is 4.90. The fourth-order valence-electron chi connectivity index (χ4n) is 3.44. The van der Waals surface area contributed by atoms with Gasteiger partial charge in [0.05, 0.1) is 0 Å². The van der Waals surface area contributed by atoms with Crippen molar-refractivity contribution in [1.29, 1.82) is 0 Å². The number of carbonyl (C=O) groups is 1. The summed E-state index contributed by atoms with van der Waals surface area (Å²) in [6.07, 6.45) is 14.6. The van der Waals surface area contributed by atoms with Crippen molar-refractivity contribution in [1.82, 2.24) is 9.88 Å². The van der Waals surface area contributed by atoms with E-state index in [1.165, 1.54) is 50.5 Å². The number of aromatic nitrogens is 1. The van der Waals surface area contributed by atoms with Crippen LogP contribution in [0.15, 0.2) is 24.5 Å². The summed E-state index contributed by atoms with van der Waals surface area (Å²) < 4.78 is 0. The summed E-state index contributed by atoms with van der Waals surface area (Å²) in [7, 11) is 0. The second-order valence-electron chi connectivity index (χ2n) is 6.65. The lowest BCUT2D eigenvalue weighted by Crippen LogP contribution is -2.32. The van der Waals surface area contributed by atoms with Crippen LogP contribution in [0.5, 0.6) is 0 Å². The van der Waals surface area contributed by atoms with Gasteiger partial charge in [-0.05, 0) is 42.9 Å². The third kappa shape index (κ3) is 4.29. The smallest absolute Gasteiger partial charge is 0.223 e. The molecule has 0 saturated heterocycles. The summed E-state index contributed by atoms with van der Waals surface area (Å²) in [4.78, 5) is 18.7. The van der Waals surface area contributed by atoms with Crippen molar-refractivity contribution in [3.05, 3.63) is 30.1 Å². The minimum atomic E-state index is 0.361. The van der Waals surface area contributed by atoms with Gasteiger partial charge in [0, 0.05) is 31.4 Å². The molecule has 114 valence electrons. The minimum Gasteiger partial charge on any atom is -0.335 e. The van der Waals surface area contributed by atoms with Gasteiger partial charge < -0.3 is 4.90 Å². The van der Waals surface area contributed by atoms with Crippen LogP contribution in [0.2, 0.25) is 0 Å². The van der Waals surface area contributed by atoms with E-state index in [-0.39, 0.29) is 0 Å². The molecule has 0 bridgehead atoms. The average molecular weight is 286 g/mol. The maximum atomic E-state index is 12.6. The van der Waals surface area contributed by atoms with Crippen LogP contribution in [0.4, 0.5) is 0 Å². The second-order valence-corrected chi connectivity index (χ2v) is 6.65. The van der Waals surface area contributed by atoms with Gasteiger partial charge in [0.25, 0.3) is 0 Å². The SMILES string of the molecule is O=C(CCC1CCCCC1)N(Cc1ccncc1)C1CC1. The first-order valence-electron chi connectivity index (χ1n) is 8.51. The molecule has 1 aromatic heterocycles. The fourth-order valence-corrected chi connectivity index (χ4v) is 3.44. The number of amides is 1. The van der Waals surface area contributed by atoms with Gasteiger partial charge in [0.15, 0.2) is 0 Å². The quantitative estimate of drug-likeness (QED) is 0.793. The Bertz CT molecular complexity index is 450. The molecule has 0 spiro atoms. The molecule has 0 aliphatic heterocycles. The monoisotopic (exact) mass is 286 g/mol. The second kappa shape index (κ2) is 7.06. The Kier molecular flexibility index (Phi) is 4.89. The molecule has 0 N–H and O–H groups in total. The molecule has 2 aliphatic rings. The van der Waals surface area contributed by atoms with E-state index in [9.17, 15) is 4.79 Å². The van der Waals surface area contributed by atoms with E-state index >= 15 is 0 Å². The predicted molar refractivity (Wildman–Crippen MR) is 83.6 cm³/mol. The lowest BCUT2D eigenvalue weighted by molar-refractivity contribution is -0.132. The van der Waals surface area contributed by atoms with Crippen molar-refractivity contribution in [3.63, 3.8) is 0 Å². The van der Waals surface area contributed by atoms with Gasteiger partial charge in [0.1, 0.15) is 0 Å². The largest absolute Gasteiger partial charge is 0.335 e. The minimum absolute atomic E-state index is 0.361. The number of carbonyl (C=O) groups excluding carboxylic acids is 1. The number of rotatable bonds is 6. The Hall–Kier alpha value is -1.38. The number of hydrogen-bond acceptors (Lipinski definition) is 2. The van der Waals surface area contributed by atoms with Crippen LogP contribution >= 0.6 is 0 Å². The Labute approximate surface area is 127 Å². The van der Waals surface area contributed by atoms with Gasteiger partial charge in [-0.2, -0.15) is 0 Å². The number of nitrogens with zero attached hydrogens (tertiary/aromatic N) is 2. The van der Waals surface area contributed by atoms with E-state index in [4.69, 9.17) is 0 Å². The van der Waals surface area contributed by atoms with E-state index < -0.39 is 0 Å². The Balaban J connectivity index is 1.52. The number of hydrogen-bond donors (Lipinski definition) is 0. The number of pyridine rings is 1. The topological polar surface area (TPSA) is 33.2 Å². The predicted octanol–water partition coefficient (Wildman–Crippen LogP) is 3.93. The van der Waals surface area contributed by atoms with E-state index in [1.54, 1.807) is 0 Å². The van der Waals surface area contributed by atoms with Gasteiger partial charge in [-0.3, -0.25) is 9.78 Å². The van der Waals surface area contributed by atoms with Crippen LogP contribution < -0.4 is 0 Å². The van der Waals surface area contributed by atoms with E-state index in [1.807, 2.05) is 24.5 Å². The molecule has 2 saturated carbocycles. The van der Waals surface area contributed by atoms with Crippen LogP contribution in [-0.2, 0) is 11.3 Å². The first kappa shape index (κ1) is 14.6. The molecule has 3 heteroatoms. The van der Waals surface area contributed by atoms with E-state index in [0.29, 0.717) is 11.9 Å². The zero-order chi connectivity index (χ0) is 14.5. The summed E-state index contributed by atoms with van der Waals surface area (Å²) in [6.45, 7) is 0.761. The van der Waals surface area contributed by atoms with Gasteiger partial charge in [-0.1, -0.05) is 32.1 Å². The van der Waals surface area contributed by atoms with Crippen molar-refractivity contribution in [3.8, 4) is 0 Å². The summed E-state index contributed by atoms with van der Waals surface area (Å²) in [5.41, 5.74) is 1.20. The zero-order valence-corrected chi connectivity index (χ0v) is 12.8. The van der Waals surface area contributed by atoms with Crippen molar-refractivity contribution >= 4 is 5.91 Å². The Morgan fingerprint density at radius 2 is 1.81 bits per heavy atom. The van der Waals surface area contributed by atoms with Crippen molar-refractivity contribution < 1.29 is 4.79 Å².